The Morgan fingerprint density at radius 2 is 1.92 bits per heavy atom. The van der Waals surface area contributed by atoms with Gasteiger partial charge in [0.15, 0.2) is 0 Å². The molecule has 36 heavy (non-hydrogen) atoms. The summed E-state index contributed by atoms with van der Waals surface area (Å²) in [7, 11) is 0. The first kappa shape index (κ1) is 27.2. The topological polar surface area (TPSA) is 63.9 Å². The summed E-state index contributed by atoms with van der Waals surface area (Å²) in [4.78, 5) is 23.1. The fourth-order valence-electron chi connectivity index (χ4n) is 4.60. The van der Waals surface area contributed by atoms with Gasteiger partial charge in [-0.15, -0.1) is 0 Å². The first-order valence-electron chi connectivity index (χ1n) is 11.3. The molecule has 1 aliphatic heterocycles. The Labute approximate surface area is 224 Å². The van der Waals surface area contributed by atoms with Crippen LogP contribution in [0.4, 0.5) is 23.2 Å². The Morgan fingerprint density at radius 3 is 2.56 bits per heavy atom. The molecule has 0 saturated heterocycles. The van der Waals surface area contributed by atoms with Crippen LogP contribution < -0.4 is 10.5 Å². The van der Waals surface area contributed by atoms with Crippen LogP contribution in [0.1, 0.15) is 54.8 Å². The molecule has 13 heteroatoms. The molecule has 1 fully saturated rings. The number of halogens is 6. The van der Waals surface area contributed by atoms with Gasteiger partial charge in [-0.25, -0.2) is 18.8 Å². The lowest BCUT2D eigenvalue weighted by atomic mass is 9.84. The summed E-state index contributed by atoms with van der Waals surface area (Å²) in [5, 5.41) is 4.21. The number of hydrogen-bond donors (Lipinski definition) is 0. The quantitative estimate of drug-likeness (QED) is 0.188. The van der Waals surface area contributed by atoms with Crippen molar-refractivity contribution in [3.8, 4) is 0 Å². The van der Waals surface area contributed by atoms with Crippen LogP contribution in [-0.4, -0.2) is 26.1 Å². The molecule has 0 amide bonds. The summed E-state index contributed by atoms with van der Waals surface area (Å²) in [5.74, 6) is -0.928. The van der Waals surface area contributed by atoms with Crippen molar-refractivity contribution < 1.29 is 17.6 Å². The minimum atomic E-state index is -4.68. The molecule has 1 atom stereocenters. The van der Waals surface area contributed by atoms with Crippen molar-refractivity contribution >= 4 is 45.7 Å². The van der Waals surface area contributed by atoms with Crippen molar-refractivity contribution in [3.05, 3.63) is 80.0 Å². The normalized spacial score (nSPS) is 16.5. The van der Waals surface area contributed by atoms with Crippen molar-refractivity contribution in [2.24, 2.45) is 0 Å². The van der Waals surface area contributed by atoms with Crippen molar-refractivity contribution in [2.75, 3.05) is 11.4 Å². The average molecular weight is 654 g/mol. The molecule has 3 aromatic rings. The molecule has 5 rings (SSSR count). The van der Waals surface area contributed by atoms with E-state index >= 15 is 0 Å². The summed E-state index contributed by atoms with van der Waals surface area (Å²) in [5.41, 5.74) is 0.268. The fourth-order valence-corrected chi connectivity index (χ4v) is 6.24. The first-order chi connectivity index (χ1) is 17.2. The largest absolute Gasteiger partial charge is 0.416 e. The lowest BCUT2D eigenvalue weighted by Crippen LogP contribution is -2.35. The first-order valence-corrected chi connectivity index (χ1v) is 15.7. The molecule has 192 valence electrons. The van der Waals surface area contributed by atoms with Gasteiger partial charge in [-0.1, -0.05) is 31.5 Å². The number of aromatic nitrogens is 4. The number of alkyl halides is 3. The van der Waals surface area contributed by atoms with Crippen molar-refractivity contribution in [3.63, 3.8) is 0 Å². The monoisotopic (exact) mass is 653 g/mol. The average Bonchev–Trinajstić information content (AvgIpc) is 3.67. The minimum Gasteiger partial charge on any atom is -0.363 e. The number of rotatable bonds is 4. The lowest BCUT2D eigenvalue weighted by Gasteiger charge is -2.32. The van der Waals surface area contributed by atoms with Crippen LogP contribution in [0.5, 0.6) is 0 Å². The second-order valence-corrected chi connectivity index (χ2v) is 10.7. The van der Waals surface area contributed by atoms with E-state index in [0.29, 0.717) is 55.5 Å². The van der Waals surface area contributed by atoms with E-state index in [2.05, 4.69) is 15.1 Å². The Kier molecular flexibility index (Phi) is 7.92. The minimum absolute atomic E-state index is 0.0419. The van der Waals surface area contributed by atoms with Crippen LogP contribution in [0, 0.1) is 5.82 Å². The Bertz CT molecular complexity index is 1350. The highest BCUT2D eigenvalue weighted by Gasteiger charge is 2.53. The molecule has 1 aromatic carbocycles. The second-order valence-electron chi connectivity index (χ2n) is 8.23. The van der Waals surface area contributed by atoms with E-state index in [4.69, 9.17) is 11.6 Å². The maximum absolute atomic E-state index is 13.8. The molecule has 1 unspecified atom stereocenters. The van der Waals surface area contributed by atoms with Crippen molar-refractivity contribution in [2.45, 2.75) is 51.2 Å². The summed E-state index contributed by atoms with van der Waals surface area (Å²) in [6, 6.07) is 2.84. The van der Waals surface area contributed by atoms with E-state index in [0.717, 1.165) is 11.6 Å². The summed E-state index contributed by atoms with van der Waals surface area (Å²) >= 11 is 8.36. The highest BCUT2D eigenvalue weighted by atomic mass is 127. The van der Waals surface area contributed by atoms with Gasteiger partial charge in [-0.05, 0) is 64.6 Å². The van der Waals surface area contributed by atoms with Gasteiger partial charge in [-0.3, -0.25) is 4.79 Å². The highest BCUT2D eigenvalue weighted by molar-refractivity contribution is 14.2. The zero-order valence-electron chi connectivity index (χ0n) is 19.3. The van der Waals surface area contributed by atoms with Gasteiger partial charge in [0.05, 0.1) is 41.8 Å². The molecule has 0 spiro atoms. The van der Waals surface area contributed by atoms with Crippen LogP contribution in [0.25, 0.3) is 0 Å². The predicted octanol–water partition coefficient (Wildman–Crippen LogP) is 6.31. The molecule has 6 nitrogen and oxygen atoms in total. The van der Waals surface area contributed by atoms with E-state index in [9.17, 15) is 22.4 Å². The predicted molar refractivity (Wildman–Crippen MR) is 141 cm³/mol. The van der Waals surface area contributed by atoms with E-state index < -0.39 is 23.0 Å². The van der Waals surface area contributed by atoms with Gasteiger partial charge < -0.3 is 4.90 Å². The SMILES string of the molecule is CC.O=c1c(Cl)c(N2CCc3c(ncnc3C3(c4ccc(F)cc4C(F)(F)F)CC3)C2)cnn1PI. The molecule has 1 saturated carbocycles. The number of anilines is 1. The summed E-state index contributed by atoms with van der Waals surface area (Å²) in [6.07, 6.45) is -0.240. The smallest absolute Gasteiger partial charge is 0.363 e. The third-order valence-electron chi connectivity index (χ3n) is 6.33. The molecule has 0 N–H and O–H groups in total. The molecule has 2 aromatic heterocycles. The zero-order valence-corrected chi connectivity index (χ0v) is 23.2. The van der Waals surface area contributed by atoms with Gasteiger partial charge in [0, 0.05) is 12.0 Å². The van der Waals surface area contributed by atoms with Crippen LogP contribution >= 0.6 is 40.0 Å². The van der Waals surface area contributed by atoms with E-state index in [-0.39, 0.29) is 22.5 Å². The summed E-state index contributed by atoms with van der Waals surface area (Å²) in [6.45, 7) is 4.78. The van der Waals surface area contributed by atoms with Crippen LogP contribution in [-0.2, 0) is 24.6 Å². The van der Waals surface area contributed by atoms with Crippen LogP contribution in [0.3, 0.4) is 0 Å². The second kappa shape index (κ2) is 10.5. The van der Waals surface area contributed by atoms with E-state index in [1.54, 1.807) is 6.20 Å². The molecule has 3 heterocycles. The number of hydrogen-bond acceptors (Lipinski definition) is 5. The van der Waals surface area contributed by atoms with E-state index in [1.165, 1.54) is 16.8 Å². The molecular formula is C23H22ClF4IN5OP. The lowest BCUT2D eigenvalue weighted by molar-refractivity contribution is -0.138. The molecular weight excluding hydrogens is 632 g/mol. The van der Waals surface area contributed by atoms with Crippen molar-refractivity contribution in [1.82, 2.24) is 19.5 Å². The van der Waals surface area contributed by atoms with Crippen LogP contribution in [0.15, 0.2) is 35.5 Å². The Morgan fingerprint density at radius 1 is 1.19 bits per heavy atom. The van der Waals surface area contributed by atoms with Gasteiger partial charge >= 0.3 is 6.18 Å². The summed E-state index contributed by atoms with van der Waals surface area (Å²) < 4.78 is 56.2. The Hall–Kier alpha value is -1.85. The maximum atomic E-state index is 13.8. The molecule has 2 aliphatic rings. The fraction of sp³-hybridized carbons (Fsp3) is 0.391. The highest BCUT2D eigenvalue weighted by Crippen LogP contribution is 2.57. The molecule has 0 radical (unpaired) electrons. The van der Waals surface area contributed by atoms with Crippen molar-refractivity contribution in [1.29, 1.82) is 0 Å². The van der Waals surface area contributed by atoms with Gasteiger partial charge in [0.2, 0.25) is 0 Å². The third-order valence-corrected chi connectivity index (χ3v) is 8.54. The number of fused-ring (bicyclic) bond motifs is 1. The maximum Gasteiger partial charge on any atom is 0.416 e. The van der Waals surface area contributed by atoms with E-state index in [1.807, 2.05) is 40.8 Å². The zero-order chi connectivity index (χ0) is 26.3. The number of nitrogens with zero attached hydrogens (tertiary/aromatic N) is 5. The number of benzene rings is 1. The van der Waals surface area contributed by atoms with Gasteiger partial charge in [0.1, 0.15) is 17.2 Å². The third kappa shape index (κ3) is 4.86. The molecule has 1 aliphatic carbocycles. The molecule has 0 bridgehead atoms. The Balaban J connectivity index is 0.00000148. The standard InChI is InChI=1S/C21H16ClF4IN5OP.C2H6/c22-17-16(8-30-32(34-27)19(17)33)31-6-3-12-15(9-31)28-10-29-18(12)20(4-5-20)13-2-1-11(23)7-14(13)21(24,25)26;1-2/h1-2,7-8,10,34H,3-6,9H2;1-2H3. The van der Waals surface area contributed by atoms with Gasteiger partial charge in [0.25, 0.3) is 5.56 Å². The van der Waals surface area contributed by atoms with Gasteiger partial charge in [-0.2, -0.15) is 18.3 Å². The van der Waals surface area contributed by atoms with Crippen LogP contribution in [0.2, 0.25) is 5.02 Å².